The van der Waals surface area contributed by atoms with Gasteiger partial charge in [-0.15, -0.1) is 0 Å². The zero-order valence-corrected chi connectivity index (χ0v) is 13.9. The summed E-state index contributed by atoms with van der Waals surface area (Å²) in [5.41, 5.74) is 4.88. The van der Waals surface area contributed by atoms with Crippen LogP contribution in [-0.4, -0.2) is 25.6 Å². The Balaban J connectivity index is 2.18. The van der Waals surface area contributed by atoms with Crippen molar-refractivity contribution in [3.05, 3.63) is 70.8 Å². The third kappa shape index (κ3) is 2.93. The van der Waals surface area contributed by atoms with E-state index in [1.165, 1.54) is 0 Å². The molecule has 0 saturated carbocycles. The number of carbonyl (C=O) groups is 1. The number of hydrogen-bond acceptors (Lipinski definition) is 3. The normalized spacial score (nSPS) is 10.8. The Morgan fingerprint density at radius 1 is 1.21 bits per heavy atom. The SMILES string of the molecule is Cc1ccc(C)c(Cn2c(-c3cccnc3)nc(C)c2C(=O)O)c1. The van der Waals surface area contributed by atoms with Crippen LogP contribution in [0.15, 0.2) is 42.7 Å². The molecule has 0 aliphatic heterocycles. The molecule has 0 aliphatic rings. The van der Waals surface area contributed by atoms with Gasteiger partial charge >= 0.3 is 5.97 Å². The van der Waals surface area contributed by atoms with Gasteiger partial charge in [0.2, 0.25) is 0 Å². The maximum atomic E-state index is 11.8. The molecule has 0 aliphatic carbocycles. The predicted molar refractivity (Wildman–Crippen MR) is 92.2 cm³/mol. The average molecular weight is 321 g/mol. The van der Waals surface area contributed by atoms with Crippen LogP contribution < -0.4 is 0 Å². The van der Waals surface area contributed by atoms with Gasteiger partial charge in [0.05, 0.1) is 12.2 Å². The van der Waals surface area contributed by atoms with Crippen molar-refractivity contribution in [1.29, 1.82) is 0 Å². The summed E-state index contributed by atoms with van der Waals surface area (Å²) >= 11 is 0. The first-order chi connectivity index (χ1) is 11.5. The van der Waals surface area contributed by atoms with Crippen molar-refractivity contribution in [3.63, 3.8) is 0 Å². The molecule has 0 spiro atoms. The zero-order chi connectivity index (χ0) is 17.3. The monoisotopic (exact) mass is 321 g/mol. The van der Waals surface area contributed by atoms with E-state index >= 15 is 0 Å². The van der Waals surface area contributed by atoms with Gasteiger partial charge in [0.1, 0.15) is 5.82 Å². The summed E-state index contributed by atoms with van der Waals surface area (Å²) in [5, 5.41) is 9.63. The lowest BCUT2D eigenvalue weighted by molar-refractivity contribution is 0.0685. The summed E-state index contributed by atoms with van der Waals surface area (Å²) in [5.74, 6) is -0.348. The first kappa shape index (κ1) is 15.9. The highest BCUT2D eigenvalue weighted by molar-refractivity contribution is 5.88. The molecular weight excluding hydrogens is 302 g/mol. The smallest absolute Gasteiger partial charge is 0.354 e. The summed E-state index contributed by atoms with van der Waals surface area (Å²) in [6, 6.07) is 9.90. The van der Waals surface area contributed by atoms with Gasteiger partial charge in [-0.05, 0) is 44.0 Å². The number of rotatable bonds is 4. The predicted octanol–water partition coefficient (Wildman–Crippen LogP) is 3.62. The van der Waals surface area contributed by atoms with E-state index in [0.29, 0.717) is 18.1 Å². The minimum Gasteiger partial charge on any atom is -0.477 e. The molecule has 2 aromatic heterocycles. The van der Waals surface area contributed by atoms with Gasteiger partial charge in [-0.2, -0.15) is 0 Å². The molecule has 2 heterocycles. The standard InChI is InChI=1S/C19H19N3O2/c1-12-6-7-13(2)16(9-12)11-22-17(19(23)24)14(3)21-18(22)15-5-4-8-20-10-15/h4-10H,11H2,1-3H3,(H,23,24). The fourth-order valence-electron chi connectivity index (χ4n) is 2.85. The molecule has 3 rings (SSSR count). The molecule has 0 saturated heterocycles. The number of nitrogens with zero attached hydrogens (tertiary/aromatic N) is 3. The number of aromatic carboxylic acids is 1. The van der Waals surface area contributed by atoms with Gasteiger partial charge in [0, 0.05) is 18.0 Å². The molecule has 3 aromatic rings. The molecule has 1 N–H and O–H groups in total. The van der Waals surface area contributed by atoms with Crippen molar-refractivity contribution in [3.8, 4) is 11.4 Å². The van der Waals surface area contributed by atoms with Crippen LogP contribution in [-0.2, 0) is 6.54 Å². The van der Waals surface area contributed by atoms with E-state index in [4.69, 9.17) is 0 Å². The molecule has 0 amide bonds. The Bertz CT molecular complexity index is 898. The number of carboxylic acid groups (broad SMARTS) is 1. The van der Waals surface area contributed by atoms with Gasteiger partial charge in [0.15, 0.2) is 5.69 Å². The first-order valence-electron chi connectivity index (χ1n) is 7.74. The second-order valence-electron chi connectivity index (χ2n) is 5.93. The topological polar surface area (TPSA) is 68.0 Å². The van der Waals surface area contributed by atoms with Crippen LogP contribution in [0.25, 0.3) is 11.4 Å². The summed E-state index contributed by atoms with van der Waals surface area (Å²) in [7, 11) is 0. The maximum absolute atomic E-state index is 11.8. The zero-order valence-electron chi connectivity index (χ0n) is 13.9. The Morgan fingerprint density at radius 2 is 2.00 bits per heavy atom. The molecule has 0 radical (unpaired) electrons. The Hall–Kier alpha value is -2.95. The lowest BCUT2D eigenvalue weighted by Crippen LogP contribution is -2.12. The van der Waals surface area contributed by atoms with Crippen LogP contribution in [0.3, 0.4) is 0 Å². The van der Waals surface area contributed by atoms with Crippen LogP contribution in [0, 0.1) is 20.8 Å². The molecule has 0 atom stereocenters. The van der Waals surface area contributed by atoms with Crippen LogP contribution in [0.1, 0.15) is 32.9 Å². The van der Waals surface area contributed by atoms with E-state index in [2.05, 4.69) is 28.2 Å². The maximum Gasteiger partial charge on any atom is 0.354 e. The number of imidazole rings is 1. The third-order valence-corrected chi connectivity index (χ3v) is 4.10. The third-order valence-electron chi connectivity index (χ3n) is 4.10. The van der Waals surface area contributed by atoms with Gasteiger partial charge in [0.25, 0.3) is 0 Å². The largest absolute Gasteiger partial charge is 0.477 e. The summed E-state index contributed by atoms with van der Waals surface area (Å²) in [6.07, 6.45) is 3.39. The number of hydrogen-bond donors (Lipinski definition) is 1. The number of carboxylic acids is 1. The molecule has 0 unspecified atom stereocenters. The van der Waals surface area contributed by atoms with E-state index in [9.17, 15) is 9.90 Å². The Labute approximate surface area is 140 Å². The highest BCUT2D eigenvalue weighted by Crippen LogP contribution is 2.24. The van der Waals surface area contributed by atoms with Crippen molar-refractivity contribution in [1.82, 2.24) is 14.5 Å². The Kier molecular flexibility index (Phi) is 4.16. The van der Waals surface area contributed by atoms with Gasteiger partial charge < -0.3 is 9.67 Å². The van der Waals surface area contributed by atoms with Crippen LogP contribution in [0.4, 0.5) is 0 Å². The second kappa shape index (κ2) is 6.28. The van der Waals surface area contributed by atoms with E-state index in [-0.39, 0.29) is 5.69 Å². The van der Waals surface area contributed by atoms with Crippen LogP contribution in [0.2, 0.25) is 0 Å². The van der Waals surface area contributed by atoms with Gasteiger partial charge in [-0.3, -0.25) is 4.98 Å². The van der Waals surface area contributed by atoms with Crippen molar-refractivity contribution in [2.24, 2.45) is 0 Å². The van der Waals surface area contributed by atoms with Crippen molar-refractivity contribution in [2.45, 2.75) is 27.3 Å². The molecule has 0 fully saturated rings. The summed E-state index contributed by atoms with van der Waals surface area (Å²) in [6.45, 7) is 6.24. The average Bonchev–Trinajstić information content (AvgIpc) is 2.88. The van der Waals surface area contributed by atoms with Gasteiger partial charge in [-0.25, -0.2) is 9.78 Å². The van der Waals surface area contributed by atoms with E-state index in [0.717, 1.165) is 22.3 Å². The highest BCUT2D eigenvalue weighted by atomic mass is 16.4. The molecule has 5 nitrogen and oxygen atoms in total. The van der Waals surface area contributed by atoms with Crippen LogP contribution >= 0.6 is 0 Å². The first-order valence-corrected chi connectivity index (χ1v) is 7.74. The van der Waals surface area contributed by atoms with E-state index < -0.39 is 5.97 Å². The summed E-state index contributed by atoms with van der Waals surface area (Å²) in [4.78, 5) is 20.4. The van der Waals surface area contributed by atoms with Crippen molar-refractivity contribution < 1.29 is 9.90 Å². The molecular formula is C19H19N3O2. The van der Waals surface area contributed by atoms with Gasteiger partial charge in [-0.1, -0.05) is 23.8 Å². The molecule has 122 valence electrons. The lowest BCUT2D eigenvalue weighted by atomic mass is 10.1. The fraction of sp³-hybridized carbons (Fsp3) is 0.211. The molecule has 1 aromatic carbocycles. The highest BCUT2D eigenvalue weighted by Gasteiger charge is 2.21. The number of benzene rings is 1. The van der Waals surface area contributed by atoms with E-state index in [1.807, 2.05) is 26.0 Å². The van der Waals surface area contributed by atoms with E-state index in [1.54, 1.807) is 23.9 Å². The number of aryl methyl sites for hydroxylation is 3. The molecule has 24 heavy (non-hydrogen) atoms. The van der Waals surface area contributed by atoms with Crippen LogP contribution in [0.5, 0.6) is 0 Å². The minimum atomic E-state index is -0.972. The quantitative estimate of drug-likeness (QED) is 0.797. The number of aromatic nitrogens is 3. The second-order valence-corrected chi connectivity index (χ2v) is 5.93. The molecule has 0 bridgehead atoms. The minimum absolute atomic E-state index is 0.217. The summed E-state index contributed by atoms with van der Waals surface area (Å²) < 4.78 is 1.76. The number of pyridine rings is 1. The van der Waals surface area contributed by atoms with Crippen molar-refractivity contribution in [2.75, 3.05) is 0 Å². The molecule has 5 heteroatoms. The Morgan fingerprint density at radius 3 is 2.67 bits per heavy atom. The fourth-order valence-corrected chi connectivity index (χ4v) is 2.85. The lowest BCUT2D eigenvalue weighted by Gasteiger charge is -2.13. The van der Waals surface area contributed by atoms with Crippen molar-refractivity contribution >= 4 is 5.97 Å².